The highest BCUT2D eigenvalue weighted by molar-refractivity contribution is 7.93. The third-order valence-electron chi connectivity index (χ3n) is 4.71. The molecule has 7 nitrogen and oxygen atoms in total. The van der Waals surface area contributed by atoms with Crippen molar-refractivity contribution in [2.75, 3.05) is 24.9 Å². The van der Waals surface area contributed by atoms with Gasteiger partial charge in [0.1, 0.15) is 10.6 Å². The summed E-state index contributed by atoms with van der Waals surface area (Å²) >= 11 is 0. The number of hydrogen-bond acceptors (Lipinski definition) is 5. The van der Waals surface area contributed by atoms with Gasteiger partial charge in [-0.15, -0.1) is 0 Å². The lowest BCUT2D eigenvalue weighted by Crippen LogP contribution is -2.42. The van der Waals surface area contributed by atoms with Crippen molar-refractivity contribution in [1.82, 2.24) is 9.88 Å². The van der Waals surface area contributed by atoms with E-state index in [2.05, 4.69) is 9.71 Å². The van der Waals surface area contributed by atoms with Gasteiger partial charge in [-0.25, -0.2) is 8.42 Å². The normalized spacial score (nSPS) is 13.8. The average molecular weight is 397 g/mol. The standard InChI is InChI=1S/C20H19N3O4S/c1-27-17-13-15(8-9-16(17)20(24)23-11-4-12-23)22-28(25,26)18-7-2-5-14-6-3-10-21-19(14)18/h2-3,5-10,13,22H,4,11-12H2,1H3. The van der Waals surface area contributed by atoms with Gasteiger partial charge in [0.15, 0.2) is 0 Å². The van der Waals surface area contributed by atoms with Crippen molar-refractivity contribution in [2.45, 2.75) is 11.3 Å². The molecule has 28 heavy (non-hydrogen) atoms. The SMILES string of the molecule is COc1cc(NS(=O)(=O)c2cccc3cccnc23)ccc1C(=O)N1CCC1. The van der Waals surface area contributed by atoms with Crippen molar-refractivity contribution in [1.29, 1.82) is 0 Å². The maximum atomic E-state index is 12.9. The first-order valence-corrected chi connectivity index (χ1v) is 10.3. The number of anilines is 1. The van der Waals surface area contributed by atoms with Crippen LogP contribution in [0.4, 0.5) is 5.69 Å². The molecule has 1 aromatic heterocycles. The van der Waals surface area contributed by atoms with Crippen molar-refractivity contribution in [3.8, 4) is 5.75 Å². The Bertz CT molecular complexity index is 1150. The number of carbonyl (C=O) groups is 1. The number of ether oxygens (including phenoxy) is 1. The van der Waals surface area contributed by atoms with Gasteiger partial charge in [-0.05, 0) is 30.7 Å². The van der Waals surface area contributed by atoms with E-state index in [4.69, 9.17) is 4.74 Å². The number of rotatable bonds is 5. The zero-order valence-electron chi connectivity index (χ0n) is 15.3. The summed E-state index contributed by atoms with van der Waals surface area (Å²) in [5.74, 6) is 0.212. The van der Waals surface area contributed by atoms with Crippen LogP contribution in [-0.4, -0.2) is 44.4 Å². The molecule has 0 aliphatic carbocycles. The number of nitrogens with one attached hydrogen (secondary N) is 1. The van der Waals surface area contributed by atoms with Crippen molar-refractivity contribution >= 4 is 32.5 Å². The molecule has 0 bridgehead atoms. The summed E-state index contributed by atoms with van der Waals surface area (Å²) in [5, 5.41) is 0.735. The van der Waals surface area contributed by atoms with E-state index < -0.39 is 10.0 Å². The highest BCUT2D eigenvalue weighted by Gasteiger charge is 2.25. The van der Waals surface area contributed by atoms with Gasteiger partial charge in [0.05, 0.1) is 23.9 Å². The predicted octanol–water partition coefficient (Wildman–Crippen LogP) is 2.89. The average Bonchev–Trinajstić information content (AvgIpc) is 2.65. The van der Waals surface area contributed by atoms with Crippen LogP contribution in [0, 0.1) is 0 Å². The number of benzene rings is 2. The van der Waals surface area contributed by atoms with Crippen LogP contribution in [-0.2, 0) is 10.0 Å². The number of methoxy groups -OCH3 is 1. The van der Waals surface area contributed by atoms with Crippen LogP contribution in [0.5, 0.6) is 5.75 Å². The smallest absolute Gasteiger partial charge is 0.264 e. The van der Waals surface area contributed by atoms with Gasteiger partial charge in [0, 0.05) is 30.7 Å². The minimum absolute atomic E-state index is 0.0882. The third-order valence-corrected chi connectivity index (χ3v) is 6.13. The van der Waals surface area contributed by atoms with Gasteiger partial charge in [-0.2, -0.15) is 0 Å². The van der Waals surface area contributed by atoms with Gasteiger partial charge in [-0.3, -0.25) is 14.5 Å². The van der Waals surface area contributed by atoms with E-state index in [-0.39, 0.29) is 10.8 Å². The fourth-order valence-corrected chi connectivity index (χ4v) is 4.35. The summed E-state index contributed by atoms with van der Waals surface area (Å²) < 4.78 is 33.7. The summed E-state index contributed by atoms with van der Waals surface area (Å²) in [6, 6.07) is 13.2. The Hall–Kier alpha value is -3.13. The molecule has 4 rings (SSSR count). The predicted molar refractivity (Wildman–Crippen MR) is 106 cm³/mol. The van der Waals surface area contributed by atoms with Gasteiger partial charge in [0.2, 0.25) is 0 Å². The maximum absolute atomic E-state index is 12.9. The molecule has 144 valence electrons. The number of aromatic nitrogens is 1. The molecule has 1 N–H and O–H groups in total. The molecule has 0 atom stereocenters. The van der Waals surface area contributed by atoms with Crippen molar-refractivity contribution < 1.29 is 17.9 Å². The number of hydrogen-bond donors (Lipinski definition) is 1. The highest BCUT2D eigenvalue weighted by Crippen LogP contribution is 2.28. The highest BCUT2D eigenvalue weighted by atomic mass is 32.2. The van der Waals surface area contributed by atoms with E-state index in [0.717, 1.165) is 24.9 Å². The van der Waals surface area contributed by atoms with E-state index in [1.807, 2.05) is 0 Å². The summed E-state index contributed by atoms with van der Waals surface area (Å²) in [6.07, 6.45) is 2.55. The Morgan fingerprint density at radius 2 is 1.93 bits per heavy atom. The van der Waals surface area contributed by atoms with Crippen LogP contribution in [0.3, 0.4) is 0 Å². The van der Waals surface area contributed by atoms with Crippen molar-refractivity contribution in [3.63, 3.8) is 0 Å². The molecule has 1 saturated heterocycles. The first-order chi connectivity index (χ1) is 13.5. The molecule has 8 heteroatoms. The quantitative estimate of drug-likeness (QED) is 0.715. The molecule has 0 spiro atoms. The zero-order chi connectivity index (χ0) is 19.7. The molecule has 1 fully saturated rings. The van der Waals surface area contributed by atoms with E-state index in [0.29, 0.717) is 22.5 Å². The molecular formula is C20H19N3O4S. The molecule has 0 unspecified atom stereocenters. The van der Waals surface area contributed by atoms with E-state index in [9.17, 15) is 13.2 Å². The molecule has 0 saturated carbocycles. The molecule has 2 aromatic carbocycles. The van der Waals surface area contributed by atoms with Gasteiger partial charge in [0.25, 0.3) is 15.9 Å². The second-order valence-electron chi connectivity index (χ2n) is 6.50. The summed E-state index contributed by atoms with van der Waals surface area (Å²) in [6.45, 7) is 1.45. The van der Waals surface area contributed by atoms with E-state index >= 15 is 0 Å². The molecule has 1 amide bonds. The Morgan fingerprint density at radius 1 is 1.14 bits per heavy atom. The fraction of sp³-hybridized carbons (Fsp3) is 0.200. The number of para-hydroxylation sites is 1. The Morgan fingerprint density at radius 3 is 2.64 bits per heavy atom. The second kappa shape index (κ2) is 7.12. The lowest BCUT2D eigenvalue weighted by Gasteiger charge is -2.31. The number of amides is 1. The van der Waals surface area contributed by atoms with Crippen molar-refractivity contribution in [3.05, 3.63) is 60.3 Å². The largest absolute Gasteiger partial charge is 0.496 e. The van der Waals surface area contributed by atoms with Gasteiger partial charge in [-0.1, -0.05) is 18.2 Å². The van der Waals surface area contributed by atoms with Crippen LogP contribution in [0.25, 0.3) is 10.9 Å². The van der Waals surface area contributed by atoms with Crippen LogP contribution in [0.15, 0.2) is 59.6 Å². The lowest BCUT2D eigenvalue weighted by atomic mass is 10.1. The number of pyridine rings is 1. The van der Waals surface area contributed by atoms with Gasteiger partial charge >= 0.3 is 0 Å². The third kappa shape index (κ3) is 3.27. The number of nitrogens with zero attached hydrogens (tertiary/aromatic N) is 2. The van der Waals surface area contributed by atoms with Crippen LogP contribution in [0.2, 0.25) is 0 Å². The maximum Gasteiger partial charge on any atom is 0.264 e. The van der Waals surface area contributed by atoms with Crippen LogP contribution < -0.4 is 9.46 Å². The Labute approximate surface area is 163 Å². The zero-order valence-corrected chi connectivity index (χ0v) is 16.1. The number of carbonyl (C=O) groups excluding carboxylic acids is 1. The molecular weight excluding hydrogens is 378 g/mol. The van der Waals surface area contributed by atoms with E-state index in [1.165, 1.54) is 19.2 Å². The molecule has 2 heterocycles. The molecule has 3 aromatic rings. The van der Waals surface area contributed by atoms with Crippen molar-refractivity contribution in [2.24, 2.45) is 0 Å². The minimum Gasteiger partial charge on any atom is -0.496 e. The number of fused-ring (bicyclic) bond motifs is 1. The Balaban J connectivity index is 1.67. The first-order valence-electron chi connectivity index (χ1n) is 8.83. The fourth-order valence-electron chi connectivity index (χ4n) is 3.12. The van der Waals surface area contributed by atoms with Gasteiger partial charge < -0.3 is 9.64 Å². The van der Waals surface area contributed by atoms with Crippen LogP contribution in [0.1, 0.15) is 16.8 Å². The Kier molecular flexibility index (Phi) is 4.64. The summed E-state index contributed by atoms with van der Waals surface area (Å²) in [4.78, 5) is 18.5. The summed E-state index contributed by atoms with van der Waals surface area (Å²) in [7, 11) is -2.42. The molecule has 0 radical (unpaired) electrons. The minimum atomic E-state index is -3.87. The van der Waals surface area contributed by atoms with Crippen LogP contribution >= 0.6 is 0 Å². The first kappa shape index (κ1) is 18.2. The van der Waals surface area contributed by atoms with E-state index in [1.54, 1.807) is 47.5 Å². The summed E-state index contributed by atoms with van der Waals surface area (Å²) in [5.41, 5.74) is 1.12. The molecule has 1 aliphatic rings. The number of likely N-dealkylation sites (tertiary alicyclic amines) is 1. The monoisotopic (exact) mass is 397 g/mol. The lowest BCUT2D eigenvalue weighted by molar-refractivity contribution is 0.0648. The number of sulfonamides is 1. The molecule has 1 aliphatic heterocycles. The topological polar surface area (TPSA) is 88.6 Å². The second-order valence-corrected chi connectivity index (χ2v) is 8.15.